The summed E-state index contributed by atoms with van der Waals surface area (Å²) in [6.07, 6.45) is 8.58. The third kappa shape index (κ3) is 6.17. The quantitative estimate of drug-likeness (QED) is 0.584. The van der Waals surface area contributed by atoms with E-state index in [1.54, 1.807) is 0 Å². The summed E-state index contributed by atoms with van der Waals surface area (Å²) in [5.74, 6) is 1.29. The lowest BCUT2D eigenvalue weighted by molar-refractivity contribution is 0.171. The molecule has 1 aliphatic carbocycles. The number of nitrogens with zero attached hydrogens (tertiary/aromatic N) is 3. The monoisotopic (exact) mass is 458 g/mol. The van der Waals surface area contributed by atoms with Crippen LogP contribution in [0.5, 0.6) is 5.88 Å². The minimum absolute atomic E-state index is 0.329. The first-order chi connectivity index (χ1) is 15.1. The van der Waals surface area contributed by atoms with Crippen LogP contribution in [0.25, 0.3) is 0 Å². The predicted octanol–water partition coefficient (Wildman–Crippen LogP) is 5.52. The van der Waals surface area contributed by atoms with Crippen molar-refractivity contribution in [1.29, 1.82) is 0 Å². The molecule has 8 heteroatoms. The Hall–Kier alpha value is -2.24. The number of rotatable bonds is 4. The molecular formula is C24H35N4O3P. The van der Waals surface area contributed by atoms with Crippen LogP contribution in [0.2, 0.25) is 0 Å². The zero-order valence-corrected chi connectivity index (χ0v) is 20.4. The first kappa shape index (κ1) is 24.4. The highest BCUT2D eigenvalue weighted by molar-refractivity contribution is 7.57. The van der Waals surface area contributed by atoms with Crippen molar-refractivity contribution in [2.24, 2.45) is 10.9 Å². The smallest absolute Gasteiger partial charge is 0.246 e. The lowest BCUT2D eigenvalue weighted by Gasteiger charge is -2.32. The van der Waals surface area contributed by atoms with Crippen molar-refractivity contribution in [3.05, 3.63) is 41.7 Å². The molecule has 0 saturated heterocycles. The SMILES string of the molecule is CCP(=O)(O)CC1CCCCC1.Cc1ccc(C2=Nc3c(N)ncnc3OC2(C)C)cc1. The van der Waals surface area contributed by atoms with Gasteiger partial charge in [0.1, 0.15) is 11.9 Å². The fourth-order valence-electron chi connectivity index (χ4n) is 4.12. The van der Waals surface area contributed by atoms with Crippen molar-refractivity contribution >= 4 is 24.6 Å². The molecule has 3 N–H and O–H groups in total. The first-order valence-corrected chi connectivity index (χ1v) is 13.4. The molecule has 1 atom stereocenters. The Labute approximate surface area is 191 Å². The van der Waals surface area contributed by atoms with Crippen molar-refractivity contribution in [1.82, 2.24) is 9.97 Å². The topological polar surface area (TPSA) is 111 Å². The highest BCUT2D eigenvalue weighted by Crippen LogP contribution is 2.44. The van der Waals surface area contributed by atoms with E-state index in [2.05, 4.69) is 21.9 Å². The molecule has 1 saturated carbocycles. The molecule has 1 fully saturated rings. The van der Waals surface area contributed by atoms with Crippen LogP contribution in [-0.4, -0.2) is 38.5 Å². The molecule has 2 aliphatic rings. The van der Waals surface area contributed by atoms with E-state index in [0.29, 0.717) is 35.6 Å². The zero-order valence-electron chi connectivity index (χ0n) is 19.5. The molecule has 2 aromatic rings. The van der Waals surface area contributed by atoms with Crippen molar-refractivity contribution in [2.45, 2.75) is 65.4 Å². The van der Waals surface area contributed by atoms with Crippen molar-refractivity contribution in [3.8, 4) is 5.88 Å². The standard InChI is InChI=1S/C15H16N4O.C9H19O2P/c1-9-4-6-10(7-5-9)12-15(2,3)20-14-11(19-12)13(16)17-8-18-14;1-2-12(10,11)8-9-6-4-3-5-7-9/h4-8H,1-3H3,(H2,16,17,18);9H,2-8H2,1H3,(H,10,11). The van der Waals surface area contributed by atoms with E-state index >= 15 is 0 Å². The number of aromatic nitrogens is 2. The summed E-state index contributed by atoms with van der Waals surface area (Å²) in [5, 5.41) is 0. The molecule has 0 amide bonds. The first-order valence-electron chi connectivity index (χ1n) is 11.4. The number of anilines is 1. The maximum atomic E-state index is 11.4. The van der Waals surface area contributed by atoms with E-state index in [1.807, 2.05) is 45.0 Å². The van der Waals surface area contributed by atoms with Gasteiger partial charge in [-0.25, -0.2) is 9.98 Å². The number of nitrogens with two attached hydrogens (primary N) is 1. The Morgan fingerprint density at radius 2 is 1.81 bits per heavy atom. The maximum absolute atomic E-state index is 11.4. The van der Waals surface area contributed by atoms with Crippen LogP contribution in [0.4, 0.5) is 11.5 Å². The summed E-state index contributed by atoms with van der Waals surface area (Å²) in [4.78, 5) is 22.1. The second-order valence-corrected chi connectivity index (χ2v) is 11.9. The molecule has 7 nitrogen and oxygen atoms in total. The van der Waals surface area contributed by atoms with Crippen LogP contribution >= 0.6 is 7.37 Å². The highest BCUT2D eigenvalue weighted by atomic mass is 31.2. The number of hydrogen-bond acceptors (Lipinski definition) is 6. The second kappa shape index (κ2) is 10.1. The van der Waals surface area contributed by atoms with E-state index in [4.69, 9.17) is 10.5 Å². The van der Waals surface area contributed by atoms with Gasteiger partial charge in [-0.2, -0.15) is 4.98 Å². The molecule has 1 unspecified atom stereocenters. The Kier molecular flexibility index (Phi) is 7.73. The lowest BCUT2D eigenvalue weighted by atomic mass is 9.91. The lowest BCUT2D eigenvalue weighted by Crippen LogP contribution is -2.41. The third-order valence-electron chi connectivity index (χ3n) is 6.05. The van der Waals surface area contributed by atoms with Gasteiger partial charge in [-0.05, 0) is 39.5 Å². The average Bonchev–Trinajstić information content (AvgIpc) is 2.75. The van der Waals surface area contributed by atoms with E-state index < -0.39 is 13.0 Å². The Balaban J connectivity index is 0.000000207. The van der Waals surface area contributed by atoms with Gasteiger partial charge in [0.05, 0.1) is 5.71 Å². The largest absolute Gasteiger partial charge is 0.463 e. The van der Waals surface area contributed by atoms with Gasteiger partial charge in [0, 0.05) is 17.9 Å². The second-order valence-electron chi connectivity index (χ2n) is 9.20. The molecule has 1 aromatic heterocycles. The van der Waals surface area contributed by atoms with E-state index in [1.165, 1.54) is 44.0 Å². The van der Waals surface area contributed by atoms with E-state index in [-0.39, 0.29) is 0 Å². The van der Waals surface area contributed by atoms with Crippen molar-refractivity contribution in [2.75, 3.05) is 18.1 Å². The summed E-state index contributed by atoms with van der Waals surface area (Å²) >= 11 is 0. The molecule has 174 valence electrons. The van der Waals surface area contributed by atoms with Crippen LogP contribution in [0.15, 0.2) is 35.6 Å². The Morgan fingerprint density at radius 3 is 2.44 bits per heavy atom. The van der Waals surface area contributed by atoms with Crippen molar-refractivity contribution in [3.63, 3.8) is 0 Å². The number of aliphatic imine (C=N–C) groups is 1. The molecule has 1 aliphatic heterocycles. The van der Waals surface area contributed by atoms with Gasteiger partial charge in [0.2, 0.25) is 13.2 Å². The third-order valence-corrected chi connectivity index (χ3v) is 8.13. The number of fused-ring (bicyclic) bond motifs is 1. The molecular weight excluding hydrogens is 423 g/mol. The Morgan fingerprint density at radius 1 is 1.16 bits per heavy atom. The number of hydrogen-bond donors (Lipinski definition) is 2. The fraction of sp³-hybridized carbons (Fsp3) is 0.542. The van der Waals surface area contributed by atoms with Crippen molar-refractivity contribution < 1.29 is 14.2 Å². The van der Waals surface area contributed by atoms with Gasteiger partial charge < -0.3 is 15.4 Å². The molecule has 1 aromatic carbocycles. The molecule has 0 radical (unpaired) electrons. The number of benzene rings is 1. The number of ether oxygens (including phenoxy) is 1. The predicted molar refractivity (Wildman–Crippen MR) is 130 cm³/mol. The Bertz CT molecular complexity index is 999. The molecule has 0 bridgehead atoms. The molecule has 0 spiro atoms. The van der Waals surface area contributed by atoms with Crippen LogP contribution in [0.3, 0.4) is 0 Å². The number of aryl methyl sites for hydroxylation is 1. The van der Waals surface area contributed by atoms with Gasteiger partial charge in [0.15, 0.2) is 11.5 Å². The van der Waals surface area contributed by atoms with Gasteiger partial charge in [0.25, 0.3) is 0 Å². The highest BCUT2D eigenvalue weighted by Gasteiger charge is 2.35. The van der Waals surface area contributed by atoms with Gasteiger partial charge in [-0.15, -0.1) is 0 Å². The molecule has 32 heavy (non-hydrogen) atoms. The normalized spacial score (nSPS) is 19.5. The van der Waals surface area contributed by atoms with Gasteiger partial charge >= 0.3 is 0 Å². The zero-order chi connectivity index (χ0) is 23.4. The summed E-state index contributed by atoms with van der Waals surface area (Å²) < 4.78 is 17.3. The summed E-state index contributed by atoms with van der Waals surface area (Å²) in [6, 6.07) is 8.16. The number of nitrogen functional groups attached to an aromatic ring is 1. The van der Waals surface area contributed by atoms with Crippen LogP contribution in [-0.2, 0) is 4.57 Å². The summed E-state index contributed by atoms with van der Waals surface area (Å²) in [7, 11) is -2.74. The summed E-state index contributed by atoms with van der Waals surface area (Å²) in [5.41, 5.74) is 8.83. The van der Waals surface area contributed by atoms with Gasteiger partial charge in [-0.1, -0.05) is 56.0 Å². The van der Waals surface area contributed by atoms with Crippen LogP contribution in [0.1, 0.15) is 64.0 Å². The maximum Gasteiger partial charge on any atom is 0.246 e. The van der Waals surface area contributed by atoms with E-state index in [0.717, 1.165) is 11.3 Å². The van der Waals surface area contributed by atoms with Gasteiger partial charge in [-0.3, -0.25) is 4.57 Å². The summed E-state index contributed by atoms with van der Waals surface area (Å²) in [6.45, 7) is 7.79. The molecule has 2 heterocycles. The minimum atomic E-state index is -2.74. The van der Waals surface area contributed by atoms with Crippen LogP contribution < -0.4 is 10.5 Å². The fourth-order valence-corrected chi connectivity index (χ4v) is 5.55. The average molecular weight is 459 g/mol. The van der Waals surface area contributed by atoms with E-state index in [9.17, 15) is 9.46 Å². The minimum Gasteiger partial charge on any atom is -0.463 e. The molecule has 4 rings (SSSR count). The van der Waals surface area contributed by atoms with Crippen LogP contribution in [0, 0.1) is 12.8 Å².